The Balaban J connectivity index is 2.17. The molecule has 2 aliphatic heterocycles. The maximum Gasteiger partial charge on any atom is 0.315 e. The van der Waals surface area contributed by atoms with Crippen LogP contribution < -0.4 is 9.47 Å². The molecule has 0 amide bonds. The van der Waals surface area contributed by atoms with Crippen LogP contribution in [0.4, 0.5) is 0 Å². The Morgan fingerprint density at radius 3 is 2.83 bits per heavy atom. The van der Waals surface area contributed by atoms with Gasteiger partial charge in [0.2, 0.25) is 0 Å². The fraction of sp³-hybridized carbons (Fsp3) is 0.357. The first-order valence-corrected chi connectivity index (χ1v) is 5.83. The lowest BCUT2D eigenvalue weighted by Crippen LogP contribution is -2.33. The van der Waals surface area contributed by atoms with E-state index in [0.29, 0.717) is 17.9 Å². The average Bonchev–Trinajstić information content (AvgIpc) is 2.71. The van der Waals surface area contributed by atoms with E-state index in [1.54, 1.807) is 7.11 Å². The van der Waals surface area contributed by atoms with E-state index in [1.807, 2.05) is 32.0 Å². The summed E-state index contributed by atoms with van der Waals surface area (Å²) in [6.07, 6.45) is 0.299. The second-order valence-corrected chi connectivity index (χ2v) is 4.93. The molecule has 0 aliphatic carbocycles. The van der Waals surface area contributed by atoms with Gasteiger partial charge in [-0.1, -0.05) is 0 Å². The van der Waals surface area contributed by atoms with Crippen molar-refractivity contribution in [3.8, 4) is 11.5 Å². The van der Waals surface area contributed by atoms with Gasteiger partial charge in [-0.25, -0.2) is 0 Å². The average molecular weight is 246 g/mol. The summed E-state index contributed by atoms with van der Waals surface area (Å²) < 4.78 is 16.5. The molecule has 2 aliphatic rings. The van der Waals surface area contributed by atoms with Crippen LogP contribution in [0, 0.1) is 0 Å². The number of benzene rings is 1. The summed E-state index contributed by atoms with van der Waals surface area (Å²) in [5, 5.41) is 0. The molecule has 4 nitrogen and oxygen atoms in total. The summed E-state index contributed by atoms with van der Waals surface area (Å²) in [5.41, 5.74) is 1.20. The molecule has 1 aromatic carbocycles. The summed E-state index contributed by atoms with van der Waals surface area (Å²) >= 11 is 0. The number of ether oxygens (including phenoxy) is 3. The largest absolute Gasteiger partial charge is 0.497 e. The van der Waals surface area contributed by atoms with Gasteiger partial charge in [0.25, 0.3) is 0 Å². The molecule has 0 fully saturated rings. The molecular formula is C14H14O4. The van der Waals surface area contributed by atoms with E-state index < -0.39 is 5.60 Å². The standard InChI is InChI=1S/C14H14O4/c1-14(2)10-7-12(15)17-13(10)9-5-4-8(16-3)6-11(9)18-14/h4-6H,7H2,1-3H3. The van der Waals surface area contributed by atoms with Crippen molar-refractivity contribution in [2.24, 2.45) is 0 Å². The fourth-order valence-corrected chi connectivity index (χ4v) is 2.38. The molecule has 18 heavy (non-hydrogen) atoms. The van der Waals surface area contributed by atoms with E-state index >= 15 is 0 Å². The highest BCUT2D eigenvalue weighted by atomic mass is 16.6. The summed E-state index contributed by atoms with van der Waals surface area (Å²) in [7, 11) is 1.61. The van der Waals surface area contributed by atoms with Crippen LogP contribution in [-0.4, -0.2) is 18.7 Å². The highest BCUT2D eigenvalue weighted by molar-refractivity contribution is 5.91. The van der Waals surface area contributed by atoms with Crippen molar-refractivity contribution < 1.29 is 19.0 Å². The first-order valence-electron chi connectivity index (χ1n) is 5.83. The number of carbonyl (C=O) groups is 1. The third kappa shape index (κ3) is 1.49. The molecular weight excluding hydrogens is 232 g/mol. The van der Waals surface area contributed by atoms with E-state index in [-0.39, 0.29) is 5.97 Å². The van der Waals surface area contributed by atoms with E-state index in [2.05, 4.69) is 0 Å². The van der Waals surface area contributed by atoms with E-state index in [4.69, 9.17) is 14.2 Å². The van der Waals surface area contributed by atoms with Crippen LogP contribution in [0.1, 0.15) is 25.8 Å². The molecule has 1 aromatic rings. The molecule has 0 saturated carbocycles. The minimum Gasteiger partial charge on any atom is -0.497 e. The third-order valence-electron chi connectivity index (χ3n) is 3.34. The normalized spacial score (nSPS) is 19.8. The maximum absolute atomic E-state index is 11.5. The maximum atomic E-state index is 11.5. The van der Waals surface area contributed by atoms with Gasteiger partial charge >= 0.3 is 5.97 Å². The minimum absolute atomic E-state index is 0.222. The molecule has 0 radical (unpaired) electrons. The molecule has 4 heteroatoms. The Morgan fingerprint density at radius 2 is 2.11 bits per heavy atom. The molecule has 0 saturated heterocycles. The first-order chi connectivity index (χ1) is 8.51. The topological polar surface area (TPSA) is 44.8 Å². The van der Waals surface area contributed by atoms with Crippen LogP contribution in [0.5, 0.6) is 11.5 Å². The zero-order valence-electron chi connectivity index (χ0n) is 10.6. The van der Waals surface area contributed by atoms with Crippen LogP contribution in [0.25, 0.3) is 5.76 Å². The molecule has 0 bridgehead atoms. The number of rotatable bonds is 1. The Hall–Kier alpha value is -1.97. The Morgan fingerprint density at radius 1 is 1.33 bits per heavy atom. The van der Waals surface area contributed by atoms with Gasteiger partial charge in [-0.2, -0.15) is 0 Å². The van der Waals surface area contributed by atoms with E-state index in [1.165, 1.54) is 0 Å². The molecule has 0 N–H and O–H groups in total. The highest BCUT2D eigenvalue weighted by Crippen LogP contribution is 2.46. The zero-order valence-corrected chi connectivity index (χ0v) is 10.6. The smallest absolute Gasteiger partial charge is 0.315 e. The quantitative estimate of drug-likeness (QED) is 0.714. The lowest BCUT2D eigenvalue weighted by Gasteiger charge is -2.33. The van der Waals surface area contributed by atoms with E-state index in [0.717, 1.165) is 16.9 Å². The van der Waals surface area contributed by atoms with Crippen molar-refractivity contribution in [1.29, 1.82) is 0 Å². The predicted molar refractivity (Wildman–Crippen MR) is 65.3 cm³/mol. The van der Waals surface area contributed by atoms with Crippen LogP contribution >= 0.6 is 0 Å². The Kier molecular flexibility index (Phi) is 2.17. The summed E-state index contributed by atoms with van der Waals surface area (Å²) in [6, 6.07) is 5.50. The van der Waals surface area contributed by atoms with Crippen molar-refractivity contribution in [2.45, 2.75) is 25.9 Å². The molecule has 3 rings (SSSR count). The molecule has 0 unspecified atom stereocenters. The molecule has 0 spiro atoms. The van der Waals surface area contributed by atoms with Gasteiger partial charge in [-0.3, -0.25) is 4.79 Å². The predicted octanol–water partition coefficient (Wildman–Crippen LogP) is 2.52. The summed E-state index contributed by atoms with van der Waals surface area (Å²) in [5.74, 6) is 1.83. The second kappa shape index (κ2) is 3.51. The first kappa shape index (κ1) is 11.1. The van der Waals surface area contributed by atoms with Gasteiger partial charge in [0.1, 0.15) is 22.9 Å². The van der Waals surface area contributed by atoms with Gasteiger partial charge in [0.15, 0.2) is 0 Å². The van der Waals surface area contributed by atoms with Crippen molar-refractivity contribution in [1.82, 2.24) is 0 Å². The zero-order chi connectivity index (χ0) is 12.9. The number of carbonyl (C=O) groups excluding carboxylic acids is 1. The minimum atomic E-state index is -0.527. The van der Waals surface area contributed by atoms with Crippen molar-refractivity contribution in [2.75, 3.05) is 7.11 Å². The number of esters is 1. The Bertz CT molecular complexity index is 569. The Labute approximate surface area is 105 Å². The van der Waals surface area contributed by atoms with Crippen LogP contribution in [0.15, 0.2) is 23.8 Å². The van der Waals surface area contributed by atoms with Crippen molar-refractivity contribution >= 4 is 11.7 Å². The molecule has 2 heterocycles. The van der Waals surface area contributed by atoms with Gasteiger partial charge < -0.3 is 14.2 Å². The fourth-order valence-electron chi connectivity index (χ4n) is 2.38. The van der Waals surface area contributed by atoms with Crippen molar-refractivity contribution in [3.63, 3.8) is 0 Å². The summed E-state index contributed by atoms with van der Waals surface area (Å²) in [6.45, 7) is 3.87. The monoisotopic (exact) mass is 246 g/mol. The number of methoxy groups -OCH3 is 1. The van der Waals surface area contributed by atoms with Crippen LogP contribution in [-0.2, 0) is 9.53 Å². The third-order valence-corrected chi connectivity index (χ3v) is 3.34. The summed E-state index contributed by atoms with van der Waals surface area (Å²) in [4.78, 5) is 11.5. The lowest BCUT2D eigenvalue weighted by molar-refractivity contribution is -0.134. The number of hydrogen-bond donors (Lipinski definition) is 0. The van der Waals surface area contributed by atoms with Crippen molar-refractivity contribution in [3.05, 3.63) is 29.3 Å². The van der Waals surface area contributed by atoms with E-state index in [9.17, 15) is 4.79 Å². The number of fused-ring (bicyclic) bond motifs is 2. The van der Waals surface area contributed by atoms with Gasteiger partial charge in [-0.05, 0) is 26.0 Å². The molecule has 0 aromatic heterocycles. The number of hydrogen-bond acceptors (Lipinski definition) is 4. The SMILES string of the molecule is COc1ccc2c(c1)OC(C)(C)C1=C2OC(=O)C1. The van der Waals surface area contributed by atoms with Gasteiger partial charge in [-0.15, -0.1) is 0 Å². The highest BCUT2D eigenvalue weighted by Gasteiger charge is 2.42. The van der Waals surface area contributed by atoms with Gasteiger partial charge in [0, 0.05) is 11.6 Å². The molecule has 0 atom stereocenters. The van der Waals surface area contributed by atoms with Gasteiger partial charge in [0.05, 0.1) is 19.1 Å². The van der Waals surface area contributed by atoms with Crippen LogP contribution in [0.3, 0.4) is 0 Å². The lowest BCUT2D eigenvalue weighted by atomic mass is 9.90. The second-order valence-electron chi connectivity index (χ2n) is 4.93. The van der Waals surface area contributed by atoms with Crippen LogP contribution in [0.2, 0.25) is 0 Å². The molecule has 94 valence electrons.